The van der Waals surface area contributed by atoms with Crippen LogP contribution in [-0.4, -0.2) is 24.8 Å². The van der Waals surface area contributed by atoms with Gasteiger partial charge in [0, 0.05) is 11.8 Å². The van der Waals surface area contributed by atoms with Crippen molar-refractivity contribution in [2.45, 2.75) is 39.7 Å². The van der Waals surface area contributed by atoms with E-state index in [2.05, 4.69) is 41.4 Å². The molecular weight excluding hydrogens is 274 g/mol. The molecule has 0 N–H and O–H groups in total. The number of rotatable bonds is 6. The summed E-state index contributed by atoms with van der Waals surface area (Å²) >= 11 is 0. The van der Waals surface area contributed by atoms with E-state index in [1.54, 1.807) is 4.68 Å². The summed E-state index contributed by atoms with van der Waals surface area (Å²) in [5.41, 5.74) is 3.38. The Balaban J connectivity index is 1.78. The molecule has 0 saturated heterocycles. The minimum Gasteiger partial charge on any atom is -0.263 e. The third-order valence-electron chi connectivity index (χ3n) is 3.71. The second kappa shape index (κ2) is 6.56. The summed E-state index contributed by atoms with van der Waals surface area (Å²) in [4.78, 5) is 0. The van der Waals surface area contributed by atoms with Gasteiger partial charge in [0.25, 0.3) is 0 Å². The van der Waals surface area contributed by atoms with E-state index >= 15 is 0 Å². The smallest absolute Gasteiger partial charge is 0.177 e. The summed E-state index contributed by atoms with van der Waals surface area (Å²) in [5.74, 6) is 0.823. The lowest BCUT2D eigenvalue weighted by Gasteiger charge is -2.03. The van der Waals surface area contributed by atoms with Crippen molar-refractivity contribution in [1.82, 2.24) is 24.8 Å². The van der Waals surface area contributed by atoms with E-state index in [1.807, 2.05) is 35.1 Å². The topological polar surface area (TPSA) is 48.5 Å². The van der Waals surface area contributed by atoms with Crippen LogP contribution in [-0.2, 0) is 13.0 Å². The Morgan fingerprint density at radius 1 is 1.14 bits per heavy atom. The van der Waals surface area contributed by atoms with Crippen LogP contribution in [0, 0.1) is 6.92 Å². The fraction of sp³-hybridized carbons (Fsp3) is 0.353. The van der Waals surface area contributed by atoms with E-state index in [1.165, 1.54) is 5.56 Å². The van der Waals surface area contributed by atoms with Gasteiger partial charge in [-0.05, 0) is 25.3 Å². The third-order valence-corrected chi connectivity index (χ3v) is 3.71. The van der Waals surface area contributed by atoms with Crippen molar-refractivity contribution in [2.75, 3.05) is 0 Å². The van der Waals surface area contributed by atoms with E-state index in [9.17, 15) is 0 Å². The lowest BCUT2D eigenvalue weighted by atomic mass is 10.2. The van der Waals surface area contributed by atoms with E-state index in [0.717, 1.165) is 43.0 Å². The molecule has 0 aliphatic rings. The molecule has 5 nitrogen and oxygen atoms in total. The largest absolute Gasteiger partial charge is 0.263 e. The zero-order valence-electron chi connectivity index (χ0n) is 13.1. The van der Waals surface area contributed by atoms with Crippen LogP contribution in [0.3, 0.4) is 0 Å². The van der Waals surface area contributed by atoms with Crippen LogP contribution in [0.1, 0.15) is 36.7 Å². The first-order valence-corrected chi connectivity index (χ1v) is 7.76. The van der Waals surface area contributed by atoms with Crippen LogP contribution >= 0.6 is 0 Å². The molecule has 0 atom stereocenters. The molecule has 0 spiro atoms. The van der Waals surface area contributed by atoms with Gasteiger partial charge in [0.2, 0.25) is 0 Å². The summed E-state index contributed by atoms with van der Waals surface area (Å²) in [7, 11) is 0. The van der Waals surface area contributed by atoms with Crippen molar-refractivity contribution in [1.29, 1.82) is 0 Å². The highest BCUT2D eigenvalue weighted by Gasteiger charge is 2.09. The standard InChI is InChI=1S/C17H21N5/c1-3-4-10-16-13-22(20-18-16)17-11-14(2)21(19-17)12-15-8-6-5-7-9-15/h5-9,11,13H,3-4,10,12H2,1-2H3. The molecule has 0 aliphatic carbocycles. The summed E-state index contributed by atoms with van der Waals surface area (Å²) in [6.45, 7) is 5.01. The molecule has 3 rings (SSSR count). The number of nitrogens with zero attached hydrogens (tertiary/aromatic N) is 5. The van der Waals surface area contributed by atoms with E-state index in [-0.39, 0.29) is 0 Å². The second-order valence-electron chi connectivity index (χ2n) is 5.55. The van der Waals surface area contributed by atoms with Crippen molar-refractivity contribution >= 4 is 0 Å². The number of hydrogen-bond donors (Lipinski definition) is 0. The first-order valence-electron chi connectivity index (χ1n) is 7.76. The first-order chi connectivity index (χ1) is 10.8. The monoisotopic (exact) mass is 295 g/mol. The molecule has 0 aliphatic heterocycles. The molecule has 22 heavy (non-hydrogen) atoms. The van der Waals surface area contributed by atoms with Gasteiger partial charge in [-0.2, -0.15) is 5.10 Å². The summed E-state index contributed by atoms with van der Waals surface area (Å²) in [5, 5.41) is 13.1. The lowest BCUT2D eigenvalue weighted by Crippen LogP contribution is -2.05. The predicted octanol–water partition coefficient (Wildman–Crippen LogP) is 3.16. The van der Waals surface area contributed by atoms with Gasteiger partial charge >= 0.3 is 0 Å². The number of hydrogen-bond acceptors (Lipinski definition) is 3. The normalized spacial score (nSPS) is 11.0. The molecule has 0 fully saturated rings. The van der Waals surface area contributed by atoms with Gasteiger partial charge in [0.05, 0.1) is 18.4 Å². The van der Waals surface area contributed by atoms with Crippen molar-refractivity contribution in [2.24, 2.45) is 0 Å². The highest BCUT2D eigenvalue weighted by Crippen LogP contribution is 2.11. The molecule has 5 heteroatoms. The molecule has 0 saturated carbocycles. The zero-order chi connectivity index (χ0) is 15.4. The first kappa shape index (κ1) is 14.5. The Labute approximate surface area is 130 Å². The fourth-order valence-electron chi connectivity index (χ4n) is 2.40. The zero-order valence-corrected chi connectivity index (χ0v) is 13.1. The summed E-state index contributed by atoms with van der Waals surface area (Å²) in [6, 6.07) is 12.4. The summed E-state index contributed by atoms with van der Waals surface area (Å²) in [6.07, 6.45) is 5.25. The maximum atomic E-state index is 4.65. The van der Waals surface area contributed by atoms with Crippen LogP contribution in [0.15, 0.2) is 42.6 Å². The minimum absolute atomic E-state index is 0.768. The summed E-state index contributed by atoms with van der Waals surface area (Å²) < 4.78 is 3.76. The Morgan fingerprint density at radius 3 is 2.73 bits per heavy atom. The second-order valence-corrected chi connectivity index (χ2v) is 5.55. The third kappa shape index (κ3) is 3.24. The van der Waals surface area contributed by atoms with Gasteiger partial charge in [-0.1, -0.05) is 48.9 Å². The van der Waals surface area contributed by atoms with Crippen LogP contribution in [0.5, 0.6) is 0 Å². The van der Waals surface area contributed by atoms with Gasteiger partial charge < -0.3 is 0 Å². The van der Waals surface area contributed by atoms with Crippen LogP contribution in [0.4, 0.5) is 0 Å². The minimum atomic E-state index is 0.768. The van der Waals surface area contributed by atoms with Gasteiger partial charge in [0.15, 0.2) is 5.82 Å². The molecule has 2 aromatic heterocycles. The van der Waals surface area contributed by atoms with E-state index in [4.69, 9.17) is 0 Å². The van der Waals surface area contributed by atoms with Crippen molar-refractivity contribution in [3.63, 3.8) is 0 Å². The molecule has 1 aromatic carbocycles. The maximum Gasteiger partial charge on any atom is 0.177 e. The molecule has 0 amide bonds. The lowest BCUT2D eigenvalue weighted by molar-refractivity contribution is 0.647. The average molecular weight is 295 g/mol. The molecular formula is C17H21N5. The Morgan fingerprint density at radius 2 is 1.95 bits per heavy atom. The molecule has 0 unspecified atom stereocenters. The van der Waals surface area contributed by atoms with Crippen LogP contribution in [0.2, 0.25) is 0 Å². The quantitative estimate of drug-likeness (QED) is 0.702. The Kier molecular flexibility index (Phi) is 4.32. The number of aryl methyl sites for hydroxylation is 2. The van der Waals surface area contributed by atoms with Crippen molar-refractivity contribution < 1.29 is 0 Å². The fourth-order valence-corrected chi connectivity index (χ4v) is 2.40. The number of aromatic nitrogens is 5. The van der Waals surface area contributed by atoms with Crippen LogP contribution < -0.4 is 0 Å². The molecule has 0 radical (unpaired) electrons. The SMILES string of the molecule is CCCCc1cn(-c2cc(C)n(Cc3ccccc3)n2)nn1. The number of unbranched alkanes of at least 4 members (excludes halogenated alkanes) is 1. The predicted molar refractivity (Wildman–Crippen MR) is 86.0 cm³/mol. The molecule has 0 bridgehead atoms. The van der Waals surface area contributed by atoms with Crippen molar-refractivity contribution in [3.8, 4) is 5.82 Å². The van der Waals surface area contributed by atoms with Crippen molar-refractivity contribution in [3.05, 3.63) is 59.5 Å². The van der Waals surface area contributed by atoms with Gasteiger partial charge in [0.1, 0.15) is 0 Å². The van der Waals surface area contributed by atoms with E-state index < -0.39 is 0 Å². The van der Waals surface area contributed by atoms with Crippen LogP contribution in [0.25, 0.3) is 5.82 Å². The molecule has 3 aromatic rings. The number of benzene rings is 1. The average Bonchev–Trinajstić information content (AvgIpc) is 3.14. The van der Waals surface area contributed by atoms with E-state index in [0.29, 0.717) is 0 Å². The molecule has 2 heterocycles. The van der Waals surface area contributed by atoms with Gasteiger partial charge in [-0.3, -0.25) is 4.68 Å². The Bertz CT molecular complexity index is 727. The molecule has 114 valence electrons. The van der Waals surface area contributed by atoms with Gasteiger partial charge in [-0.15, -0.1) is 5.10 Å². The maximum absolute atomic E-state index is 4.65. The highest BCUT2D eigenvalue weighted by atomic mass is 15.5. The van der Waals surface area contributed by atoms with Gasteiger partial charge in [-0.25, -0.2) is 4.68 Å². The highest BCUT2D eigenvalue weighted by molar-refractivity contribution is 5.25. The Hall–Kier alpha value is -2.43.